The van der Waals surface area contributed by atoms with Crippen LogP contribution in [0.5, 0.6) is 0 Å². The Kier molecular flexibility index (Phi) is 6.01. The number of fused-ring (bicyclic) bond motifs is 2. The minimum atomic E-state index is -0.675. The molecule has 0 spiro atoms. The average Bonchev–Trinajstić information content (AvgIpc) is 3.44. The Bertz CT molecular complexity index is 1360. The molecule has 4 heterocycles. The number of rotatable bonds is 4. The topological polar surface area (TPSA) is 107 Å². The fourth-order valence-electron chi connectivity index (χ4n) is 4.53. The number of nitrogens with one attached hydrogen (secondary N) is 2. The summed E-state index contributed by atoms with van der Waals surface area (Å²) < 4.78 is 1.13. The number of piperidine rings is 1. The maximum absolute atomic E-state index is 13.3. The zero-order valence-electron chi connectivity index (χ0n) is 19.4. The van der Waals surface area contributed by atoms with Crippen molar-refractivity contribution in [2.24, 2.45) is 5.92 Å². The minimum Gasteiger partial charge on any atom is -0.327 e. The highest BCUT2D eigenvalue weighted by atomic mass is 32.1. The lowest BCUT2D eigenvalue weighted by atomic mass is 9.89. The second-order valence-electron chi connectivity index (χ2n) is 9.20. The van der Waals surface area contributed by atoms with Crippen LogP contribution in [0, 0.1) is 5.92 Å². The summed E-state index contributed by atoms with van der Waals surface area (Å²) in [6, 6.07) is 6.04. The van der Waals surface area contributed by atoms with E-state index in [1.165, 1.54) is 6.20 Å². The molecule has 9 nitrogen and oxygen atoms in total. The molecule has 1 saturated heterocycles. The summed E-state index contributed by atoms with van der Waals surface area (Å²) in [6.07, 6.45) is 6.59. The van der Waals surface area contributed by atoms with Crippen molar-refractivity contribution in [3.8, 4) is 0 Å². The van der Waals surface area contributed by atoms with Gasteiger partial charge in [-0.25, -0.2) is 4.98 Å². The molecule has 5 rings (SSSR count). The highest BCUT2D eigenvalue weighted by Crippen LogP contribution is 2.36. The molecule has 1 aliphatic heterocycles. The van der Waals surface area contributed by atoms with E-state index in [2.05, 4.69) is 50.5 Å². The van der Waals surface area contributed by atoms with Gasteiger partial charge in [-0.05, 0) is 50.6 Å². The first kappa shape index (κ1) is 22.4. The number of amides is 2. The number of thiazole rings is 1. The monoisotopic (exact) mass is 477 g/mol. The number of hydrogen-bond donors (Lipinski definition) is 2. The van der Waals surface area contributed by atoms with Gasteiger partial charge in [0.15, 0.2) is 0 Å². The zero-order valence-corrected chi connectivity index (χ0v) is 20.2. The summed E-state index contributed by atoms with van der Waals surface area (Å²) in [4.78, 5) is 39.1. The normalized spacial score (nSPS) is 18.6. The molecule has 4 aromatic rings. The van der Waals surface area contributed by atoms with Crippen molar-refractivity contribution in [2.45, 2.75) is 32.4 Å². The Morgan fingerprint density at radius 2 is 2.09 bits per heavy atom. The number of hydrogen-bond acceptors (Lipinski definition) is 7. The number of H-pyrrole nitrogens is 1. The van der Waals surface area contributed by atoms with Crippen molar-refractivity contribution in [1.82, 2.24) is 30.0 Å². The van der Waals surface area contributed by atoms with E-state index in [4.69, 9.17) is 4.98 Å². The van der Waals surface area contributed by atoms with E-state index < -0.39 is 11.8 Å². The fourth-order valence-corrected chi connectivity index (χ4v) is 5.59. The summed E-state index contributed by atoms with van der Waals surface area (Å²) in [5.41, 5.74) is 3.03. The third-order valence-corrected chi connectivity index (χ3v) is 7.19. The van der Waals surface area contributed by atoms with Gasteiger partial charge in [0.2, 0.25) is 0 Å². The Morgan fingerprint density at radius 3 is 2.91 bits per heavy atom. The van der Waals surface area contributed by atoms with Crippen LogP contribution in [0.15, 0.2) is 36.8 Å². The molecule has 176 valence electrons. The van der Waals surface area contributed by atoms with Crippen molar-refractivity contribution < 1.29 is 9.59 Å². The first-order chi connectivity index (χ1) is 16.4. The number of benzene rings is 1. The van der Waals surface area contributed by atoms with Gasteiger partial charge in [-0.3, -0.25) is 19.7 Å². The molecule has 0 aliphatic carbocycles. The number of carbonyl (C=O) groups is 2. The minimum absolute atomic E-state index is 0.168. The highest BCUT2D eigenvalue weighted by Gasteiger charge is 2.34. The standard InChI is InChI=1S/C24H27N7O2S/c1-14-4-6-19(15-5-7-20-17(8-15)27-21(34-20)13-30(2)3)31(12-14)24(33)23(32)28-18-11-25-9-16-10-26-29-22(16)18/h5,7-11,14,19H,4,6,12-13H2,1-3H3,(H,26,29)(H,28,32)/t14-,19+/m0/s1. The molecule has 0 unspecified atom stereocenters. The third-order valence-electron chi connectivity index (χ3n) is 6.17. The van der Waals surface area contributed by atoms with Crippen molar-refractivity contribution in [3.05, 3.63) is 47.4 Å². The second kappa shape index (κ2) is 9.11. The molecular formula is C24H27N7O2S. The Labute approximate surface area is 201 Å². The quantitative estimate of drug-likeness (QED) is 0.435. The third kappa shape index (κ3) is 4.38. The number of pyridine rings is 1. The van der Waals surface area contributed by atoms with E-state index in [-0.39, 0.29) is 6.04 Å². The van der Waals surface area contributed by atoms with Crippen LogP contribution in [0.2, 0.25) is 0 Å². The maximum Gasteiger partial charge on any atom is 0.314 e. The molecule has 3 aromatic heterocycles. The van der Waals surface area contributed by atoms with Gasteiger partial charge in [-0.2, -0.15) is 5.10 Å². The predicted molar refractivity (Wildman–Crippen MR) is 132 cm³/mol. The summed E-state index contributed by atoms with van der Waals surface area (Å²) in [6.45, 7) is 3.43. The lowest BCUT2D eigenvalue weighted by Crippen LogP contribution is -2.46. The predicted octanol–water partition coefficient (Wildman–Crippen LogP) is 3.57. The molecule has 34 heavy (non-hydrogen) atoms. The zero-order chi connectivity index (χ0) is 23.8. The van der Waals surface area contributed by atoms with Crippen LogP contribution in [0.3, 0.4) is 0 Å². The number of aromatic amines is 1. The first-order valence-electron chi connectivity index (χ1n) is 11.3. The smallest absolute Gasteiger partial charge is 0.314 e. The van der Waals surface area contributed by atoms with E-state index in [0.717, 1.165) is 45.6 Å². The molecule has 1 aliphatic rings. The van der Waals surface area contributed by atoms with E-state index in [1.807, 2.05) is 14.1 Å². The Balaban J connectivity index is 1.40. The van der Waals surface area contributed by atoms with Gasteiger partial charge >= 0.3 is 11.8 Å². The first-order valence-corrected chi connectivity index (χ1v) is 12.1. The number of carbonyl (C=O) groups excluding carboxylic acids is 2. The molecule has 2 N–H and O–H groups in total. The Hall–Kier alpha value is -3.37. The molecule has 0 saturated carbocycles. The van der Waals surface area contributed by atoms with Crippen LogP contribution in [0.4, 0.5) is 5.69 Å². The molecular weight excluding hydrogens is 450 g/mol. The summed E-state index contributed by atoms with van der Waals surface area (Å²) >= 11 is 1.68. The molecule has 1 fully saturated rings. The Morgan fingerprint density at radius 1 is 1.24 bits per heavy atom. The van der Waals surface area contributed by atoms with Gasteiger partial charge in [0.05, 0.1) is 39.9 Å². The lowest BCUT2D eigenvalue weighted by molar-refractivity contribution is -0.146. The number of aromatic nitrogens is 4. The van der Waals surface area contributed by atoms with Gasteiger partial charge in [-0.1, -0.05) is 13.0 Å². The average molecular weight is 478 g/mol. The highest BCUT2D eigenvalue weighted by molar-refractivity contribution is 7.18. The van der Waals surface area contributed by atoms with Gasteiger partial charge < -0.3 is 15.1 Å². The van der Waals surface area contributed by atoms with Crippen molar-refractivity contribution >= 4 is 50.0 Å². The summed E-state index contributed by atoms with van der Waals surface area (Å²) in [5, 5.41) is 11.4. The SMILES string of the molecule is C[C@H]1CC[C@H](c2ccc3sc(CN(C)C)nc3c2)N(C(=O)C(=O)Nc2cncc3cn[nH]c23)C1. The van der Waals surface area contributed by atoms with E-state index in [1.54, 1.807) is 28.6 Å². The maximum atomic E-state index is 13.3. The van der Waals surface area contributed by atoms with Crippen molar-refractivity contribution in [3.63, 3.8) is 0 Å². The molecule has 2 atom stereocenters. The molecule has 0 radical (unpaired) electrons. The van der Waals surface area contributed by atoms with Gasteiger partial charge in [0.25, 0.3) is 0 Å². The summed E-state index contributed by atoms with van der Waals surface area (Å²) in [5.74, 6) is -0.897. The number of nitrogens with zero attached hydrogens (tertiary/aromatic N) is 5. The van der Waals surface area contributed by atoms with Crippen LogP contribution < -0.4 is 5.32 Å². The number of anilines is 1. The fraction of sp³-hybridized carbons (Fsp3) is 0.375. The van der Waals surface area contributed by atoms with E-state index >= 15 is 0 Å². The molecule has 0 bridgehead atoms. The summed E-state index contributed by atoms with van der Waals surface area (Å²) in [7, 11) is 4.05. The largest absolute Gasteiger partial charge is 0.327 e. The van der Waals surface area contributed by atoms with Crippen LogP contribution in [0.25, 0.3) is 21.1 Å². The van der Waals surface area contributed by atoms with Crippen LogP contribution in [0.1, 0.15) is 36.4 Å². The molecule has 1 aromatic carbocycles. The molecule has 10 heteroatoms. The number of likely N-dealkylation sites (tertiary alicyclic amines) is 1. The van der Waals surface area contributed by atoms with Crippen LogP contribution in [-0.2, 0) is 16.1 Å². The van der Waals surface area contributed by atoms with Crippen LogP contribution in [-0.4, -0.2) is 62.4 Å². The van der Waals surface area contributed by atoms with Gasteiger partial charge in [0, 0.05) is 24.7 Å². The van der Waals surface area contributed by atoms with Gasteiger partial charge in [0.1, 0.15) is 5.01 Å². The molecule has 2 amide bonds. The van der Waals surface area contributed by atoms with Crippen molar-refractivity contribution in [1.29, 1.82) is 0 Å². The second-order valence-corrected chi connectivity index (χ2v) is 10.3. The van der Waals surface area contributed by atoms with Crippen molar-refractivity contribution in [2.75, 3.05) is 26.0 Å². The lowest BCUT2D eigenvalue weighted by Gasteiger charge is -2.38. The van der Waals surface area contributed by atoms with E-state index in [0.29, 0.717) is 23.7 Å². The van der Waals surface area contributed by atoms with Crippen LogP contribution >= 0.6 is 11.3 Å². The van der Waals surface area contributed by atoms with Gasteiger partial charge in [-0.15, -0.1) is 11.3 Å². The van der Waals surface area contributed by atoms with E-state index in [9.17, 15) is 9.59 Å².